The number of amides is 1. The maximum absolute atomic E-state index is 12.7. The number of sulfonamides is 1. The zero-order chi connectivity index (χ0) is 15.6. The molecule has 1 aromatic carbocycles. The number of carbonyl (C=O) groups excluding carboxylic acids is 1. The molecule has 116 valence electrons. The molecule has 0 spiro atoms. The average Bonchev–Trinajstić information content (AvgIpc) is 2.47. The molecule has 0 bridgehead atoms. The molecule has 1 aromatic rings. The van der Waals surface area contributed by atoms with Gasteiger partial charge in [0.1, 0.15) is 0 Å². The second-order valence-corrected chi connectivity index (χ2v) is 7.32. The van der Waals surface area contributed by atoms with Gasteiger partial charge in [0.05, 0.1) is 4.90 Å². The zero-order valence-corrected chi connectivity index (χ0v) is 12.8. The summed E-state index contributed by atoms with van der Waals surface area (Å²) in [6.45, 7) is 2.81. The first kappa shape index (κ1) is 15.9. The van der Waals surface area contributed by atoms with Crippen molar-refractivity contribution in [3.05, 3.63) is 29.8 Å². The Morgan fingerprint density at radius 2 is 1.95 bits per heavy atom. The second-order valence-electron chi connectivity index (χ2n) is 5.43. The minimum atomic E-state index is -3.60. The fraction of sp³-hybridized carbons (Fsp3) is 0.500. The van der Waals surface area contributed by atoms with Gasteiger partial charge in [-0.3, -0.25) is 4.79 Å². The van der Waals surface area contributed by atoms with Crippen LogP contribution in [0.25, 0.3) is 0 Å². The van der Waals surface area contributed by atoms with E-state index in [2.05, 4.69) is 0 Å². The maximum atomic E-state index is 12.7. The van der Waals surface area contributed by atoms with Gasteiger partial charge in [-0.2, -0.15) is 4.31 Å². The number of benzene rings is 1. The van der Waals surface area contributed by atoms with Crippen molar-refractivity contribution in [2.45, 2.75) is 30.7 Å². The Morgan fingerprint density at radius 1 is 1.33 bits per heavy atom. The van der Waals surface area contributed by atoms with Crippen LogP contribution >= 0.6 is 0 Å². The van der Waals surface area contributed by atoms with Crippen LogP contribution < -0.4 is 11.5 Å². The van der Waals surface area contributed by atoms with Gasteiger partial charge in [-0.15, -0.1) is 0 Å². The topological polar surface area (TPSA) is 106 Å². The SMILES string of the molecule is CC1CCCN(S(=O)(=O)c2ccc(C(N)=O)cc2)C1CN. The van der Waals surface area contributed by atoms with Gasteiger partial charge in [-0.1, -0.05) is 6.92 Å². The first-order chi connectivity index (χ1) is 9.87. The van der Waals surface area contributed by atoms with E-state index >= 15 is 0 Å². The lowest BCUT2D eigenvalue weighted by Gasteiger charge is -2.38. The van der Waals surface area contributed by atoms with Gasteiger partial charge >= 0.3 is 0 Å². The van der Waals surface area contributed by atoms with Crippen LogP contribution in [-0.4, -0.2) is 37.8 Å². The molecular formula is C14H21N3O3S. The standard InChI is InChI=1S/C14H21N3O3S/c1-10-3-2-8-17(13(10)9-15)21(19,20)12-6-4-11(5-7-12)14(16)18/h4-7,10,13H,2-3,8-9,15H2,1H3,(H2,16,18). The maximum Gasteiger partial charge on any atom is 0.248 e. The monoisotopic (exact) mass is 311 g/mol. The molecule has 4 N–H and O–H groups in total. The highest BCUT2D eigenvalue weighted by atomic mass is 32.2. The van der Waals surface area contributed by atoms with E-state index in [1.807, 2.05) is 6.92 Å². The van der Waals surface area contributed by atoms with Gasteiger partial charge in [0.2, 0.25) is 15.9 Å². The number of rotatable bonds is 4. The second kappa shape index (κ2) is 6.13. The molecule has 2 rings (SSSR count). The summed E-state index contributed by atoms with van der Waals surface area (Å²) in [6.07, 6.45) is 1.81. The fourth-order valence-electron chi connectivity index (χ4n) is 2.79. The van der Waals surface area contributed by atoms with Crippen LogP contribution in [0.2, 0.25) is 0 Å². The molecule has 1 heterocycles. The molecule has 2 atom stereocenters. The van der Waals surface area contributed by atoms with Crippen LogP contribution in [0.4, 0.5) is 0 Å². The quantitative estimate of drug-likeness (QED) is 0.846. The van der Waals surface area contributed by atoms with Crippen LogP contribution in [0, 0.1) is 5.92 Å². The van der Waals surface area contributed by atoms with Gasteiger partial charge in [-0.05, 0) is 43.0 Å². The highest BCUT2D eigenvalue weighted by Gasteiger charge is 2.36. The predicted octanol–water partition coefficient (Wildman–Crippen LogP) is 0.533. The minimum Gasteiger partial charge on any atom is -0.366 e. The molecule has 6 nitrogen and oxygen atoms in total. The van der Waals surface area contributed by atoms with Crippen LogP contribution in [-0.2, 0) is 10.0 Å². The Balaban J connectivity index is 2.34. The van der Waals surface area contributed by atoms with E-state index in [1.54, 1.807) is 0 Å². The Bertz CT molecular complexity index is 613. The molecule has 21 heavy (non-hydrogen) atoms. The van der Waals surface area contributed by atoms with E-state index in [-0.39, 0.29) is 22.4 Å². The van der Waals surface area contributed by atoms with Crippen LogP contribution in [0.1, 0.15) is 30.1 Å². The number of carbonyl (C=O) groups is 1. The Labute approximate surface area is 125 Å². The van der Waals surface area contributed by atoms with Crippen molar-refractivity contribution in [1.29, 1.82) is 0 Å². The minimum absolute atomic E-state index is 0.167. The van der Waals surface area contributed by atoms with Crippen molar-refractivity contribution >= 4 is 15.9 Å². The molecule has 1 saturated heterocycles. The molecule has 0 aliphatic carbocycles. The molecule has 0 radical (unpaired) electrons. The predicted molar refractivity (Wildman–Crippen MR) is 80.1 cm³/mol. The fourth-order valence-corrected chi connectivity index (χ4v) is 4.56. The van der Waals surface area contributed by atoms with Crippen molar-refractivity contribution in [2.75, 3.05) is 13.1 Å². The number of nitrogens with two attached hydrogens (primary N) is 2. The molecule has 1 aliphatic heterocycles. The summed E-state index contributed by atoms with van der Waals surface area (Å²) in [5, 5.41) is 0. The normalized spacial score (nSPS) is 23.9. The summed E-state index contributed by atoms with van der Waals surface area (Å²) < 4.78 is 27.0. The third-order valence-electron chi connectivity index (χ3n) is 4.05. The summed E-state index contributed by atoms with van der Waals surface area (Å²) in [7, 11) is -3.60. The molecule has 1 amide bonds. The van der Waals surface area contributed by atoms with Crippen molar-refractivity contribution in [3.8, 4) is 0 Å². The number of primary amides is 1. The van der Waals surface area contributed by atoms with Crippen LogP contribution in [0.3, 0.4) is 0 Å². The highest BCUT2D eigenvalue weighted by molar-refractivity contribution is 7.89. The summed E-state index contributed by atoms with van der Waals surface area (Å²) in [5.74, 6) is -0.339. The lowest BCUT2D eigenvalue weighted by molar-refractivity contribution is 0.1000. The van der Waals surface area contributed by atoms with Crippen molar-refractivity contribution in [1.82, 2.24) is 4.31 Å². The molecule has 7 heteroatoms. The molecular weight excluding hydrogens is 290 g/mol. The Kier molecular flexibility index (Phi) is 4.65. The summed E-state index contributed by atoms with van der Waals surface area (Å²) in [6, 6.07) is 5.52. The van der Waals surface area contributed by atoms with Gasteiger partial charge < -0.3 is 11.5 Å². The van der Waals surface area contributed by atoms with E-state index in [9.17, 15) is 13.2 Å². The van der Waals surface area contributed by atoms with E-state index in [4.69, 9.17) is 11.5 Å². The number of piperidine rings is 1. The lowest BCUT2D eigenvalue weighted by Crippen LogP contribution is -2.51. The van der Waals surface area contributed by atoms with E-state index < -0.39 is 15.9 Å². The Morgan fingerprint density at radius 3 is 2.48 bits per heavy atom. The summed E-state index contributed by atoms with van der Waals surface area (Å²) in [4.78, 5) is 11.2. The molecule has 2 unspecified atom stereocenters. The Hall–Kier alpha value is -1.44. The zero-order valence-electron chi connectivity index (χ0n) is 12.0. The number of hydrogen-bond donors (Lipinski definition) is 2. The third kappa shape index (κ3) is 3.09. The van der Waals surface area contributed by atoms with Gasteiger partial charge in [-0.25, -0.2) is 8.42 Å². The van der Waals surface area contributed by atoms with E-state index in [0.29, 0.717) is 13.1 Å². The van der Waals surface area contributed by atoms with Crippen molar-refractivity contribution in [2.24, 2.45) is 17.4 Å². The summed E-state index contributed by atoms with van der Waals surface area (Å²) >= 11 is 0. The average molecular weight is 311 g/mol. The van der Waals surface area contributed by atoms with Gasteiger partial charge in [0.15, 0.2) is 0 Å². The number of hydrogen-bond acceptors (Lipinski definition) is 4. The molecule has 0 aromatic heterocycles. The number of nitrogens with zero attached hydrogens (tertiary/aromatic N) is 1. The van der Waals surface area contributed by atoms with Crippen LogP contribution in [0.5, 0.6) is 0 Å². The van der Waals surface area contributed by atoms with Crippen molar-refractivity contribution < 1.29 is 13.2 Å². The van der Waals surface area contributed by atoms with Crippen molar-refractivity contribution in [3.63, 3.8) is 0 Å². The lowest BCUT2D eigenvalue weighted by atomic mass is 9.93. The van der Waals surface area contributed by atoms with Gasteiger partial charge in [0, 0.05) is 24.7 Å². The van der Waals surface area contributed by atoms with E-state index in [1.165, 1.54) is 28.6 Å². The smallest absolute Gasteiger partial charge is 0.248 e. The molecule has 1 aliphatic rings. The molecule has 1 fully saturated rings. The van der Waals surface area contributed by atoms with E-state index in [0.717, 1.165) is 12.8 Å². The van der Waals surface area contributed by atoms with Crippen LogP contribution in [0.15, 0.2) is 29.2 Å². The first-order valence-corrected chi connectivity index (χ1v) is 8.43. The van der Waals surface area contributed by atoms with Gasteiger partial charge in [0.25, 0.3) is 0 Å². The highest BCUT2D eigenvalue weighted by Crippen LogP contribution is 2.28. The largest absolute Gasteiger partial charge is 0.366 e. The summed E-state index contributed by atoms with van der Waals surface area (Å²) in [5.41, 5.74) is 11.2. The third-order valence-corrected chi connectivity index (χ3v) is 5.99. The first-order valence-electron chi connectivity index (χ1n) is 6.99. The molecule has 0 saturated carbocycles.